The van der Waals surface area contributed by atoms with Crippen LogP contribution in [0.25, 0.3) is 0 Å². The highest BCUT2D eigenvalue weighted by Gasteiger charge is 2.26. The van der Waals surface area contributed by atoms with Gasteiger partial charge >= 0.3 is 5.97 Å². The molecule has 2 N–H and O–H groups in total. The van der Waals surface area contributed by atoms with Crippen molar-refractivity contribution in [2.24, 2.45) is 0 Å². The van der Waals surface area contributed by atoms with Crippen LogP contribution in [0.15, 0.2) is 0 Å². The molecule has 52 valence electrons. The quantitative estimate of drug-likeness (QED) is 0.478. The van der Waals surface area contributed by atoms with E-state index in [1.807, 2.05) is 0 Å². The fourth-order valence-electron chi connectivity index (χ4n) is 0.598. The van der Waals surface area contributed by atoms with Crippen LogP contribution < -0.4 is 5.32 Å². The first-order valence-electron chi connectivity index (χ1n) is 2.48. The van der Waals surface area contributed by atoms with Gasteiger partial charge in [-0.15, -0.1) is 24.4 Å². The Balaban J connectivity index is 2.39. The van der Waals surface area contributed by atoms with Crippen LogP contribution in [0.5, 0.6) is 0 Å². The molecule has 0 amide bonds. The Morgan fingerprint density at radius 3 is 2.78 bits per heavy atom. The van der Waals surface area contributed by atoms with Crippen LogP contribution >= 0.6 is 24.4 Å². The zero-order chi connectivity index (χ0) is 6.85. The number of hydrogen-bond acceptors (Lipinski definition) is 4. The monoisotopic (exact) mass is 165 g/mol. The minimum absolute atomic E-state index is 0.00824. The number of thioether (sulfide) groups is 1. The topological polar surface area (TPSA) is 49.3 Å². The minimum Gasteiger partial charge on any atom is -0.480 e. The molecule has 0 aromatic rings. The third kappa shape index (κ3) is 1.77. The van der Waals surface area contributed by atoms with E-state index in [4.69, 9.17) is 5.11 Å². The Kier molecular flexibility index (Phi) is 2.26. The normalized spacial score (nSPS) is 34.8. The second-order valence-electron chi connectivity index (χ2n) is 1.74. The van der Waals surface area contributed by atoms with Gasteiger partial charge in [0.15, 0.2) is 0 Å². The van der Waals surface area contributed by atoms with E-state index >= 15 is 0 Å². The standard InChI is InChI=1S/C4H7NO2S2/c6-3(7)2-1-9-4(8)5-2/h2,4-5,8H,1H2,(H,6,7). The predicted octanol–water partition coefficient (Wildman–Crippen LogP) is -0.0106. The Bertz CT molecular complexity index is 130. The molecule has 0 radical (unpaired) electrons. The van der Waals surface area contributed by atoms with Gasteiger partial charge in [-0.05, 0) is 0 Å². The third-order valence-corrected chi connectivity index (χ3v) is 2.64. The first-order valence-corrected chi connectivity index (χ1v) is 4.05. The van der Waals surface area contributed by atoms with Crippen LogP contribution in [-0.2, 0) is 4.79 Å². The molecule has 1 aliphatic heterocycles. The van der Waals surface area contributed by atoms with Gasteiger partial charge in [0.2, 0.25) is 0 Å². The molecule has 0 bridgehead atoms. The maximum atomic E-state index is 10.2. The molecule has 1 saturated heterocycles. The summed E-state index contributed by atoms with van der Waals surface area (Å²) in [6, 6.07) is -0.405. The van der Waals surface area contributed by atoms with Crippen molar-refractivity contribution in [3.05, 3.63) is 0 Å². The van der Waals surface area contributed by atoms with Crippen molar-refractivity contribution in [2.75, 3.05) is 5.75 Å². The molecule has 1 fully saturated rings. The van der Waals surface area contributed by atoms with Crippen LogP contribution in [0.2, 0.25) is 0 Å². The van der Waals surface area contributed by atoms with E-state index in [9.17, 15) is 4.79 Å². The lowest BCUT2D eigenvalue weighted by Gasteiger charge is -2.01. The van der Waals surface area contributed by atoms with Crippen LogP contribution in [-0.4, -0.2) is 27.6 Å². The molecule has 1 rings (SSSR count). The lowest BCUT2D eigenvalue weighted by Crippen LogP contribution is -2.34. The third-order valence-electron chi connectivity index (χ3n) is 1.06. The summed E-state index contributed by atoms with van der Waals surface area (Å²) in [7, 11) is 0. The van der Waals surface area contributed by atoms with E-state index in [-0.39, 0.29) is 4.71 Å². The Morgan fingerprint density at radius 2 is 2.56 bits per heavy atom. The van der Waals surface area contributed by atoms with Crippen molar-refractivity contribution < 1.29 is 9.90 Å². The number of aliphatic carboxylic acids is 1. The summed E-state index contributed by atoms with van der Waals surface area (Å²) in [5.74, 6) is -0.178. The first kappa shape index (κ1) is 7.24. The summed E-state index contributed by atoms with van der Waals surface area (Å²) >= 11 is 5.54. The molecule has 3 nitrogen and oxygen atoms in total. The maximum Gasteiger partial charge on any atom is 0.321 e. The molecular formula is C4H7NO2S2. The van der Waals surface area contributed by atoms with E-state index in [0.717, 1.165) is 0 Å². The molecular weight excluding hydrogens is 158 g/mol. The van der Waals surface area contributed by atoms with E-state index in [1.165, 1.54) is 11.8 Å². The predicted molar refractivity (Wildman–Crippen MR) is 39.8 cm³/mol. The Hall–Kier alpha value is 0.130. The van der Waals surface area contributed by atoms with E-state index < -0.39 is 12.0 Å². The summed E-state index contributed by atoms with van der Waals surface area (Å²) in [5.41, 5.74) is 0. The van der Waals surface area contributed by atoms with Gasteiger partial charge in [0.25, 0.3) is 0 Å². The average molecular weight is 165 g/mol. The van der Waals surface area contributed by atoms with Crippen molar-refractivity contribution in [3.63, 3.8) is 0 Å². The molecule has 0 aliphatic carbocycles. The summed E-state index contributed by atoms with van der Waals surface area (Å²) < 4.78 is -0.00824. The van der Waals surface area contributed by atoms with Gasteiger partial charge in [0, 0.05) is 5.75 Å². The lowest BCUT2D eigenvalue weighted by molar-refractivity contribution is -0.138. The van der Waals surface area contributed by atoms with Gasteiger partial charge in [-0.1, -0.05) is 0 Å². The number of thiol groups is 1. The van der Waals surface area contributed by atoms with E-state index in [1.54, 1.807) is 0 Å². The number of carbonyl (C=O) groups is 1. The Morgan fingerprint density at radius 1 is 1.89 bits per heavy atom. The van der Waals surface area contributed by atoms with Crippen LogP contribution in [0.1, 0.15) is 0 Å². The fourth-order valence-corrected chi connectivity index (χ4v) is 1.91. The first-order chi connectivity index (χ1) is 4.20. The minimum atomic E-state index is -0.793. The summed E-state index contributed by atoms with van der Waals surface area (Å²) in [6.07, 6.45) is 0. The summed E-state index contributed by atoms with van der Waals surface area (Å²) in [4.78, 5) is 10.2. The molecule has 0 saturated carbocycles. The molecule has 5 heteroatoms. The van der Waals surface area contributed by atoms with Crippen molar-refractivity contribution in [2.45, 2.75) is 10.7 Å². The maximum absolute atomic E-state index is 10.2. The smallest absolute Gasteiger partial charge is 0.321 e. The van der Waals surface area contributed by atoms with Crippen molar-refractivity contribution >= 4 is 30.4 Å². The van der Waals surface area contributed by atoms with Crippen LogP contribution in [0, 0.1) is 0 Å². The highest BCUT2D eigenvalue weighted by Crippen LogP contribution is 2.20. The zero-order valence-corrected chi connectivity index (χ0v) is 6.28. The number of carboxylic acids is 1. The number of hydrogen-bond donors (Lipinski definition) is 3. The van der Waals surface area contributed by atoms with E-state index in [0.29, 0.717) is 5.75 Å². The van der Waals surface area contributed by atoms with Crippen molar-refractivity contribution in [3.8, 4) is 0 Å². The highest BCUT2D eigenvalue weighted by molar-refractivity contribution is 8.10. The van der Waals surface area contributed by atoms with Gasteiger partial charge in [-0.25, -0.2) is 0 Å². The fraction of sp³-hybridized carbons (Fsp3) is 0.750. The molecule has 1 aliphatic rings. The number of nitrogens with one attached hydrogen (secondary N) is 1. The highest BCUT2D eigenvalue weighted by atomic mass is 32.2. The van der Waals surface area contributed by atoms with Gasteiger partial charge in [0.1, 0.15) is 6.04 Å². The zero-order valence-electron chi connectivity index (χ0n) is 4.57. The van der Waals surface area contributed by atoms with Gasteiger partial charge in [0.05, 0.1) is 4.71 Å². The molecule has 9 heavy (non-hydrogen) atoms. The van der Waals surface area contributed by atoms with Gasteiger partial charge in [-0.3, -0.25) is 10.1 Å². The van der Waals surface area contributed by atoms with Gasteiger partial charge in [-0.2, -0.15) is 0 Å². The molecule has 1 heterocycles. The van der Waals surface area contributed by atoms with Crippen molar-refractivity contribution in [1.82, 2.24) is 5.32 Å². The Labute approximate surface area is 62.6 Å². The molecule has 2 unspecified atom stereocenters. The second-order valence-corrected chi connectivity index (χ2v) is 3.75. The van der Waals surface area contributed by atoms with Crippen LogP contribution in [0.4, 0.5) is 0 Å². The van der Waals surface area contributed by atoms with Crippen LogP contribution in [0.3, 0.4) is 0 Å². The van der Waals surface area contributed by atoms with Crippen molar-refractivity contribution in [1.29, 1.82) is 0 Å². The second kappa shape index (κ2) is 2.81. The molecule has 0 aromatic carbocycles. The molecule has 0 spiro atoms. The summed E-state index contributed by atoms with van der Waals surface area (Å²) in [5, 5.41) is 11.2. The summed E-state index contributed by atoms with van der Waals surface area (Å²) in [6.45, 7) is 0. The SMILES string of the molecule is O=C(O)C1CSC(S)N1. The number of carboxylic acid groups (broad SMARTS) is 1. The largest absolute Gasteiger partial charge is 0.480 e. The number of rotatable bonds is 1. The van der Waals surface area contributed by atoms with E-state index in [2.05, 4.69) is 17.9 Å². The lowest BCUT2D eigenvalue weighted by atomic mass is 10.4. The average Bonchev–Trinajstić information content (AvgIpc) is 2.14. The molecule has 0 aromatic heterocycles. The van der Waals surface area contributed by atoms with Gasteiger partial charge < -0.3 is 5.11 Å². The molecule has 2 atom stereocenters.